The van der Waals surface area contributed by atoms with Crippen LogP contribution < -0.4 is 9.47 Å². The van der Waals surface area contributed by atoms with E-state index in [1.165, 1.54) is 0 Å². The van der Waals surface area contributed by atoms with Gasteiger partial charge in [-0.2, -0.15) is 0 Å². The summed E-state index contributed by atoms with van der Waals surface area (Å²) in [4.78, 5) is 0. The molecular weight excluding hydrogens is 288 g/mol. The van der Waals surface area contributed by atoms with Crippen molar-refractivity contribution in [1.29, 1.82) is 0 Å². The number of rotatable bonds is 6. The number of aliphatic hydroxyl groups excluding tert-OH is 1. The fourth-order valence-corrected chi connectivity index (χ4v) is 2.31. The summed E-state index contributed by atoms with van der Waals surface area (Å²) >= 11 is 5.97. The Hall–Kier alpha value is -1.71. The fourth-order valence-electron chi connectivity index (χ4n) is 2.11. The van der Waals surface area contributed by atoms with Crippen LogP contribution in [0.4, 0.5) is 0 Å². The predicted molar refractivity (Wildman–Crippen MR) is 84.3 cm³/mol. The van der Waals surface area contributed by atoms with E-state index in [9.17, 15) is 5.11 Å². The largest absolute Gasteiger partial charge is 0.490 e. The molecule has 0 bridgehead atoms. The van der Waals surface area contributed by atoms with Crippen molar-refractivity contribution in [2.24, 2.45) is 0 Å². The molecule has 21 heavy (non-hydrogen) atoms. The van der Waals surface area contributed by atoms with Crippen molar-refractivity contribution in [3.63, 3.8) is 0 Å². The minimum atomic E-state index is -0.751. The van der Waals surface area contributed by atoms with Gasteiger partial charge in [-0.05, 0) is 49.2 Å². The second-order valence-electron chi connectivity index (χ2n) is 4.53. The van der Waals surface area contributed by atoms with Crippen molar-refractivity contribution in [2.75, 3.05) is 13.2 Å². The smallest absolute Gasteiger partial charge is 0.161 e. The summed E-state index contributed by atoms with van der Waals surface area (Å²) in [6.07, 6.45) is -0.751. The molecule has 1 unspecified atom stereocenters. The molecule has 4 heteroatoms. The average Bonchev–Trinajstić information content (AvgIpc) is 2.49. The average molecular weight is 307 g/mol. The molecule has 2 rings (SSSR count). The van der Waals surface area contributed by atoms with Gasteiger partial charge in [-0.1, -0.05) is 29.8 Å². The highest BCUT2D eigenvalue weighted by Gasteiger charge is 2.14. The van der Waals surface area contributed by atoms with Crippen LogP contribution in [0.15, 0.2) is 42.5 Å². The van der Waals surface area contributed by atoms with E-state index in [1.807, 2.05) is 38.1 Å². The topological polar surface area (TPSA) is 38.7 Å². The van der Waals surface area contributed by atoms with Crippen LogP contribution in [0.25, 0.3) is 0 Å². The molecule has 0 amide bonds. The number of hydrogen-bond acceptors (Lipinski definition) is 3. The van der Waals surface area contributed by atoms with E-state index in [2.05, 4.69) is 0 Å². The summed E-state index contributed by atoms with van der Waals surface area (Å²) in [5, 5.41) is 11.1. The fraction of sp³-hybridized carbons (Fsp3) is 0.294. The molecule has 0 saturated heterocycles. The van der Waals surface area contributed by atoms with Crippen LogP contribution >= 0.6 is 11.6 Å². The van der Waals surface area contributed by atoms with E-state index >= 15 is 0 Å². The summed E-state index contributed by atoms with van der Waals surface area (Å²) in [6.45, 7) is 4.94. The molecule has 0 spiro atoms. The monoisotopic (exact) mass is 306 g/mol. The quantitative estimate of drug-likeness (QED) is 0.868. The zero-order valence-corrected chi connectivity index (χ0v) is 12.9. The maximum absolute atomic E-state index is 10.5. The molecule has 3 nitrogen and oxygen atoms in total. The van der Waals surface area contributed by atoms with Crippen molar-refractivity contribution < 1.29 is 14.6 Å². The van der Waals surface area contributed by atoms with E-state index in [0.717, 1.165) is 11.1 Å². The van der Waals surface area contributed by atoms with Crippen molar-refractivity contribution in [1.82, 2.24) is 0 Å². The van der Waals surface area contributed by atoms with Crippen LogP contribution in [-0.4, -0.2) is 18.3 Å². The molecule has 1 atom stereocenters. The number of ether oxygens (including phenoxy) is 2. The van der Waals surface area contributed by atoms with E-state index < -0.39 is 6.10 Å². The lowest BCUT2D eigenvalue weighted by molar-refractivity contribution is 0.218. The minimum Gasteiger partial charge on any atom is -0.490 e. The lowest BCUT2D eigenvalue weighted by Crippen LogP contribution is -2.03. The van der Waals surface area contributed by atoms with Gasteiger partial charge >= 0.3 is 0 Å². The van der Waals surface area contributed by atoms with Gasteiger partial charge in [0.15, 0.2) is 11.5 Å². The highest BCUT2D eigenvalue weighted by molar-refractivity contribution is 6.30. The molecule has 0 aliphatic heterocycles. The van der Waals surface area contributed by atoms with Crippen molar-refractivity contribution >= 4 is 11.6 Å². The third-order valence-electron chi connectivity index (χ3n) is 3.05. The van der Waals surface area contributed by atoms with E-state index in [4.69, 9.17) is 21.1 Å². The Morgan fingerprint density at radius 2 is 1.62 bits per heavy atom. The summed E-state index contributed by atoms with van der Waals surface area (Å²) in [7, 11) is 0. The normalized spacial score (nSPS) is 12.0. The van der Waals surface area contributed by atoms with Gasteiger partial charge in [0.1, 0.15) is 6.10 Å². The lowest BCUT2D eigenvalue weighted by Gasteiger charge is -2.16. The predicted octanol–water partition coefficient (Wildman–Crippen LogP) is 4.22. The Labute approximate surface area is 130 Å². The Morgan fingerprint density at radius 1 is 0.952 bits per heavy atom. The van der Waals surface area contributed by atoms with Crippen LogP contribution in [0.2, 0.25) is 5.02 Å². The van der Waals surface area contributed by atoms with Crippen LogP contribution in [0, 0.1) is 0 Å². The highest BCUT2D eigenvalue weighted by atomic mass is 35.5. The van der Waals surface area contributed by atoms with E-state index in [0.29, 0.717) is 29.7 Å². The van der Waals surface area contributed by atoms with Gasteiger partial charge in [-0.25, -0.2) is 0 Å². The van der Waals surface area contributed by atoms with Gasteiger partial charge in [-0.15, -0.1) is 0 Å². The SMILES string of the molecule is CCOc1ccc(C(O)c2cccc(Cl)c2)cc1OCC. The van der Waals surface area contributed by atoms with Gasteiger partial charge in [0, 0.05) is 5.02 Å². The number of halogens is 1. The van der Waals surface area contributed by atoms with Crippen LogP contribution in [-0.2, 0) is 0 Å². The van der Waals surface area contributed by atoms with Gasteiger partial charge in [-0.3, -0.25) is 0 Å². The lowest BCUT2D eigenvalue weighted by atomic mass is 10.0. The van der Waals surface area contributed by atoms with Gasteiger partial charge in [0.25, 0.3) is 0 Å². The minimum absolute atomic E-state index is 0.538. The molecular formula is C17H19ClO3. The van der Waals surface area contributed by atoms with Crippen molar-refractivity contribution in [3.8, 4) is 11.5 Å². The standard InChI is InChI=1S/C17H19ClO3/c1-3-20-15-9-8-13(11-16(15)21-4-2)17(19)12-6-5-7-14(18)10-12/h5-11,17,19H,3-4H2,1-2H3. The second kappa shape index (κ2) is 7.34. The Balaban J connectivity index is 2.32. The first-order valence-electron chi connectivity index (χ1n) is 6.98. The Bertz CT molecular complexity index is 598. The second-order valence-corrected chi connectivity index (χ2v) is 4.97. The molecule has 0 aliphatic rings. The number of benzene rings is 2. The molecule has 0 saturated carbocycles. The third-order valence-corrected chi connectivity index (χ3v) is 3.28. The van der Waals surface area contributed by atoms with E-state index in [1.54, 1.807) is 18.2 Å². The molecule has 0 fully saturated rings. The summed E-state index contributed by atoms with van der Waals surface area (Å²) in [5.74, 6) is 1.32. The summed E-state index contributed by atoms with van der Waals surface area (Å²) in [5.41, 5.74) is 1.48. The van der Waals surface area contributed by atoms with Crippen molar-refractivity contribution in [3.05, 3.63) is 58.6 Å². The Kier molecular flexibility index (Phi) is 5.48. The summed E-state index contributed by atoms with van der Waals surface area (Å²) in [6, 6.07) is 12.6. The first kappa shape index (κ1) is 15.7. The number of aliphatic hydroxyl groups is 1. The molecule has 2 aromatic rings. The van der Waals surface area contributed by atoms with Gasteiger partial charge < -0.3 is 14.6 Å². The molecule has 2 aromatic carbocycles. The van der Waals surface area contributed by atoms with E-state index in [-0.39, 0.29) is 0 Å². The maximum Gasteiger partial charge on any atom is 0.161 e. The molecule has 0 radical (unpaired) electrons. The van der Waals surface area contributed by atoms with Crippen LogP contribution in [0.3, 0.4) is 0 Å². The first-order valence-corrected chi connectivity index (χ1v) is 7.36. The van der Waals surface area contributed by atoms with Crippen LogP contribution in [0.5, 0.6) is 11.5 Å². The molecule has 1 N–H and O–H groups in total. The molecule has 112 valence electrons. The first-order chi connectivity index (χ1) is 10.2. The van der Waals surface area contributed by atoms with Gasteiger partial charge in [0.2, 0.25) is 0 Å². The van der Waals surface area contributed by atoms with Crippen LogP contribution in [0.1, 0.15) is 31.1 Å². The molecule has 0 aromatic heterocycles. The van der Waals surface area contributed by atoms with Crippen molar-refractivity contribution in [2.45, 2.75) is 20.0 Å². The zero-order chi connectivity index (χ0) is 15.2. The van der Waals surface area contributed by atoms with Gasteiger partial charge in [0.05, 0.1) is 13.2 Å². The summed E-state index contributed by atoms with van der Waals surface area (Å²) < 4.78 is 11.1. The maximum atomic E-state index is 10.5. The number of hydrogen-bond donors (Lipinski definition) is 1. The molecule has 0 heterocycles. The zero-order valence-electron chi connectivity index (χ0n) is 12.2. The Morgan fingerprint density at radius 3 is 2.29 bits per heavy atom. The molecule has 0 aliphatic carbocycles. The highest BCUT2D eigenvalue weighted by Crippen LogP contribution is 2.33. The third kappa shape index (κ3) is 3.90.